The highest BCUT2D eigenvalue weighted by atomic mass is 15.2. The van der Waals surface area contributed by atoms with E-state index in [1.165, 1.54) is 45.2 Å². The molecule has 0 radical (unpaired) electrons. The standard InChI is InChI=1S/C18H33N3/c1-14(2)16-6-5-10-21(11-9-16)13-18(12-19,17-7-8-17)20-15(3)4/h14-17,20H,5-11,13H2,1-4H3. The number of hydrogen-bond donors (Lipinski definition) is 1. The Morgan fingerprint density at radius 2 is 1.86 bits per heavy atom. The summed E-state index contributed by atoms with van der Waals surface area (Å²) in [5.41, 5.74) is -0.314. The fraction of sp³-hybridized carbons (Fsp3) is 0.944. The zero-order chi connectivity index (χ0) is 15.5. The number of nitriles is 1. The summed E-state index contributed by atoms with van der Waals surface area (Å²) >= 11 is 0. The molecule has 2 unspecified atom stereocenters. The largest absolute Gasteiger partial charge is 0.300 e. The second kappa shape index (κ2) is 7.11. The molecule has 3 nitrogen and oxygen atoms in total. The van der Waals surface area contributed by atoms with Gasteiger partial charge in [-0.25, -0.2) is 0 Å². The Kier molecular flexibility index (Phi) is 5.68. The molecule has 0 aromatic carbocycles. The molecule has 1 saturated heterocycles. The third kappa shape index (κ3) is 4.44. The molecule has 0 aromatic rings. The monoisotopic (exact) mass is 291 g/mol. The molecule has 0 spiro atoms. The van der Waals surface area contributed by atoms with Crippen LogP contribution in [0.3, 0.4) is 0 Å². The van der Waals surface area contributed by atoms with Gasteiger partial charge in [0.05, 0.1) is 6.07 Å². The third-order valence-electron chi connectivity index (χ3n) is 5.30. The Bertz CT molecular complexity index is 367. The van der Waals surface area contributed by atoms with E-state index in [0.717, 1.165) is 18.4 Å². The Morgan fingerprint density at radius 1 is 1.14 bits per heavy atom. The highest BCUT2D eigenvalue weighted by molar-refractivity contribution is 5.17. The lowest BCUT2D eigenvalue weighted by Gasteiger charge is -2.35. The van der Waals surface area contributed by atoms with Crippen molar-refractivity contribution in [3.63, 3.8) is 0 Å². The molecule has 2 rings (SSSR count). The van der Waals surface area contributed by atoms with Crippen molar-refractivity contribution >= 4 is 0 Å². The molecule has 1 N–H and O–H groups in total. The summed E-state index contributed by atoms with van der Waals surface area (Å²) in [5.74, 6) is 2.22. The first-order valence-electron chi connectivity index (χ1n) is 8.88. The first-order chi connectivity index (χ1) is 9.97. The van der Waals surface area contributed by atoms with Crippen molar-refractivity contribution < 1.29 is 0 Å². The van der Waals surface area contributed by atoms with Gasteiger partial charge in [0, 0.05) is 12.6 Å². The average Bonchev–Trinajstić information content (AvgIpc) is 3.24. The summed E-state index contributed by atoms with van der Waals surface area (Å²) < 4.78 is 0. The van der Waals surface area contributed by atoms with E-state index >= 15 is 0 Å². The topological polar surface area (TPSA) is 39.1 Å². The average molecular weight is 291 g/mol. The highest BCUT2D eigenvalue weighted by Gasteiger charge is 2.47. The molecule has 2 fully saturated rings. The van der Waals surface area contributed by atoms with E-state index < -0.39 is 0 Å². The van der Waals surface area contributed by atoms with Crippen LogP contribution in [0.15, 0.2) is 0 Å². The molecule has 120 valence electrons. The van der Waals surface area contributed by atoms with Crippen LogP contribution in [-0.2, 0) is 0 Å². The second-order valence-corrected chi connectivity index (χ2v) is 7.87. The summed E-state index contributed by atoms with van der Waals surface area (Å²) in [6, 6.07) is 3.03. The summed E-state index contributed by atoms with van der Waals surface area (Å²) in [6.07, 6.45) is 6.38. The van der Waals surface area contributed by atoms with Gasteiger partial charge < -0.3 is 4.90 Å². The molecule has 1 aliphatic carbocycles. The van der Waals surface area contributed by atoms with Gasteiger partial charge in [-0.3, -0.25) is 5.32 Å². The minimum absolute atomic E-state index is 0.314. The van der Waals surface area contributed by atoms with Crippen LogP contribution >= 0.6 is 0 Å². The van der Waals surface area contributed by atoms with Crippen LogP contribution in [0.5, 0.6) is 0 Å². The molecule has 0 aromatic heterocycles. The van der Waals surface area contributed by atoms with Crippen LogP contribution in [0.1, 0.15) is 59.8 Å². The maximum atomic E-state index is 9.84. The van der Waals surface area contributed by atoms with E-state index in [0.29, 0.717) is 12.0 Å². The number of likely N-dealkylation sites (tertiary alicyclic amines) is 1. The molecule has 1 aliphatic heterocycles. The van der Waals surface area contributed by atoms with Gasteiger partial charge >= 0.3 is 0 Å². The lowest BCUT2D eigenvalue weighted by Crippen LogP contribution is -2.56. The van der Waals surface area contributed by atoms with Crippen molar-refractivity contribution in [3.05, 3.63) is 0 Å². The van der Waals surface area contributed by atoms with Crippen LogP contribution in [0.25, 0.3) is 0 Å². The lowest BCUT2D eigenvalue weighted by molar-refractivity contribution is 0.189. The quantitative estimate of drug-likeness (QED) is 0.815. The fourth-order valence-corrected chi connectivity index (χ4v) is 3.90. The van der Waals surface area contributed by atoms with Crippen molar-refractivity contribution in [3.8, 4) is 6.07 Å². The zero-order valence-electron chi connectivity index (χ0n) is 14.4. The zero-order valence-corrected chi connectivity index (χ0v) is 14.4. The Balaban J connectivity index is 1.98. The van der Waals surface area contributed by atoms with Crippen LogP contribution in [0.2, 0.25) is 0 Å². The molecule has 1 heterocycles. The molecule has 2 atom stereocenters. The van der Waals surface area contributed by atoms with Gasteiger partial charge in [-0.15, -0.1) is 0 Å². The third-order valence-corrected chi connectivity index (χ3v) is 5.30. The molecular weight excluding hydrogens is 258 g/mol. The van der Waals surface area contributed by atoms with Crippen LogP contribution in [0.4, 0.5) is 0 Å². The van der Waals surface area contributed by atoms with E-state index in [-0.39, 0.29) is 5.54 Å². The van der Waals surface area contributed by atoms with Crippen molar-refractivity contribution in [1.29, 1.82) is 5.26 Å². The van der Waals surface area contributed by atoms with E-state index in [1.807, 2.05) is 0 Å². The van der Waals surface area contributed by atoms with Crippen molar-refractivity contribution in [2.75, 3.05) is 19.6 Å². The summed E-state index contributed by atoms with van der Waals surface area (Å²) in [5, 5.41) is 13.4. The second-order valence-electron chi connectivity index (χ2n) is 7.87. The van der Waals surface area contributed by atoms with Gasteiger partial charge in [-0.2, -0.15) is 5.26 Å². The Hall–Kier alpha value is -0.590. The van der Waals surface area contributed by atoms with Gasteiger partial charge in [-0.1, -0.05) is 13.8 Å². The van der Waals surface area contributed by atoms with E-state index in [2.05, 4.69) is 44.0 Å². The van der Waals surface area contributed by atoms with Crippen LogP contribution in [-0.4, -0.2) is 36.1 Å². The smallest absolute Gasteiger partial charge is 0.122 e. The molecule has 21 heavy (non-hydrogen) atoms. The van der Waals surface area contributed by atoms with Crippen molar-refractivity contribution in [2.24, 2.45) is 17.8 Å². The summed E-state index contributed by atoms with van der Waals surface area (Å²) in [7, 11) is 0. The van der Waals surface area contributed by atoms with Crippen LogP contribution < -0.4 is 5.32 Å². The summed E-state index contributed by atoms with van der Waals surface area (Å²) in [6.45, 7) is 12.3. The van der Waals surface area contributed by atoms with Crippen molar-refractivity contribution in [2.45, 2.75) is 71.4 Å². The van der Waals surface area contributed by atoms with Gasteiger partial charge in [0.2, 0.25) is 0 Å². The lowest BCUT2D eigenvalue weighted by atomic mass is 9.89. The fourth-order valence-electron chi connectivity index (χ4n) is 3.90. The van der Waals surface area contributed by atoms with Gasteiger partial charge in [0.25, 0.3) is 0 Å². The predicted molar refractivity (Wildman–Crippen MR) is 88.0 cm³/mol. The number of rotatable bonds is 6. The number of nitrogens with zero attached hydrogens (tertiary/aromatic N) is 2. The Labute approximate surface area is 131 Å². The van der Waals surface area contributed by atoms with E-state index in [1.54, 1.807) is 0 Å². The highest BCUT2D eigenvalue weighted by Crippen LogP contribution is 2.40. The molecule has 0 amide bonds. The Morgan fingerprint density at radius 3 is 2.38 bits per heavy atom. The minimum atomic E-state index is -0.314. The molecule has 2 aliphatic rings. The number of hydrogen-bond acceptors (Lipinski definition) is 3. The molecule has 1 saturated carbocycles. The van der Waals surface area contributed by atoms with E-state index in [4.69, 9.17) is 0 Å². The normalized spacial score (nSPS) is 27.4. The van der Waals surface area contributed by atoms with Gasteiger partial charge in [-0.05, 0) is 76.8 Å². The first-order valence-corrected chi connectivity index (χ1v) is 8.88. The number of nitrogens with one attached hydrogen (secondary N) is 1. The summed E-state index contributed by atoms with van der Waals surface area (Å²) in [4.78, 5) is 2.55. The predicted octanol–water partition coefficient (Wildman–Crippen LogP) is 3.41. The minimum Gasteiger partial charge on any atom is -0.300 e. The molecule has 3 heteroatoms. The molecule has 0 bridgehead atoms. The molecular formula is C18H33N3. The SMILES string of the molecule is CC(C)NC(C#N)(CN1CCCC(C(C)C)CC1)C1CC1. The maximum Gasteiger partial charge on any atom is 0.122 e. The van der Waals surface area contributed by atoms with Crippen LogP contribution in [0, 0.1) is 29.1 Å². The van der Waals surface area contributed by atoms with Crippen molar-refractivity contribution in [1.82, 2.24) is 10.2 Å². The maximum absolute atomic E-state index is 9.84. The first kappa shape index (κ1) is 16.8. The van der Waals surface area contributed by atoms with Gasteiger partial charge in [0.1, 0.15) is 5.54 Å². The van der Waals surface area contributed by atoms with E-state index in [9.17, 15) is 5.26 Å². The van der Waals surface area contributed by atoms with Gasteiger partial charge in [0.15, 0.2) is 0 Å².